The van der Waals surface area contributed by atoms with Gasteiger partial charge in [-0.1, -0.05) is 79.7 Å². The second kappa shape index (κ2) is 10.9. The Hall–Kier alpha value is -1.90. The number of benzene rings is 2. The number of rotatable bonds is 10. The Morgan fingerprint density at radius 1 is 0.880 bits per heavy atom. The second-order valence-electron chi connectivity index (χ2n) is 6.50. The lowest BCUT2D eigenvalue weighted by atomic mass is 10.0. The van der Waals surface area contributed by atoms with Crippen molar-refractivity contribution in [3.05, 3.63) is 83.9 Å². The Bertz CT molecular complexity index is 567. The van der Waals surface area contributed by atoms with Crippen molar-refractivity contribution in [2.75, 3.05) is 7.11 Å². The van der Waals surface area contributed by atoms with Gasteiger partial charge in [-0.15, -0.1) is 0 Å². The van der Waals surface area contributed by atoms with E-state index in [1.165, 1.54) is 11.1 Å². The largest absolute Gasteiger partial charge is 0.380 e. The molecule has 2 heteroatoms. The molecule has 0 aliphatic heterocycles. The molecule has 134 valence electrons. The normalized spacial score (nSPS) is 14.1. The molecule has 0 heterocycles. The summed E-state index contributed by atoms with van der Waals surface area (Å²) in [5, 5.41) is 0. The average Bonchev–Trinajstić information content (AvgIpc) is 2.66. The Morgan fingerprint density at radius 2 is 1.40 bits per heavy atom. The van der Waals surface area contributed by atoms with E-state index in [2.05, 4.69) is 91.6 Å². The van der Waals surface area contributed by atoms with Crippen LogP contribution in [0, 0.1) is 0 Å². The van der Waals surface area contributed by atoms with Gasteiger partial charge in [-0.2, -0.15) is 0 Å². The van der Waals surface area contributed by atoms with Crippen LogP contribution in [0.3, 0.4) is 0 Å². The SMILES string of the molecule is CC/C=C\CC(C(C)OC)N(Cc1ccccc1)Cc1ccccc1. The highest BCUT2D eigenvalue weighted by atomic mass is 16.5. The summed E-state index contributed by atoms with van der Waals surface area (Å²) in [6, 6.07) is 21.8. The highest BCUT2D eigenvalue weighted by molar-refractivity contribution is 5.17. The lowest BCUT2D eigenvalue weighted by molar-refractivity contribution is 0.0189. The van der Waals surface area contributed by atoms with Gasteiger partial charge in [-0.3, -0.25) is 4.90 Å². The van der Waals surface area contributed by atoms with Crippen molar-refractivity contribution in [2.45, 2.75) is 51.9 Å². The quantitative estimate of drug-likeness (QED) is 0.535. The molecule has 0 saturated carbocycles. The highest BCUT2D eigenvalue weighted by Gasteiger charge is 2.24. The van der Waals surface area contributed by atoms with Crippen LogP contribution in [0.1, 0.15) is 37.8 Å². The molecule has 0 spiro atoms. The first kappa shape index (κ1) is 19.4. The molecule has 0 radical (unpaired) electrons. The van der Waals surface area contributed by atoms with Gasteiger partial charge >= 0.3 is 0 Å². The fourth-order valence-electron chi connectivity index (χ4n) is 3.12. The predicted octanol–water partition coefficient (Wildman–Crippen LogP) is 5.45. The number of ether oxygens (including phenoxy) is 1. The van der Waals surface area contributed by atoms with E-state index < -0.39 is 0 Å². The molecule has 0 aliphatic rings. The maximum absolute atomic E-state index is 5.72. The highest BCUT2D eigenvalue weighted by Crippen LogP contribution is 2.20. The zero-order valence-corrected chi connectivity index (χ0v) is 15.8. The zero-order chi connectivity index (χ0) is 17.9. The van der Waals surface area contributed by atoms with Crippen LogP contribution in [0.15, 0.2) is 72.8 Å². The van der Waals surface area contributed by atoms with Crippen LogP contribution in [-0.2, 0) is 17.8 Å². The Morgan fingerprint density at radius 3 is 1.84 bits per heavy atom. The number of nitrogens with zero attached hydrogens (tertiary/aromatic N) is 1. The van der Waals surface area contributed by atoms with Crippen molar-refractivity contribution >= 4 is 0 Å². The van der Waals surface area contributed by atoms with Crippen molar-refractivity contribution in [3.8, 4) is 0 Å². The smallest absolute Gasteiger partial charge is 0.0701 e. The van der Waals surface area contributed by atoms with Crippen LogP contribution in [0.4, 0.5) is 0 Å². The third-order valence-electron chi connectivity index (χ3n) is 4.62. The van der Waals surface area contributed by atoms with Gasteiger partial charge in [0.05, 0.1) is 6.10 Å². The monoisotopic (exact) mass is 337 g/mol. The summed E-state index contributed by atoms with van der Waals surface area (Å²) in [6.45, 7) is 6.20. The Labute approximate surface area is 153 Å². The molecular weight excluding hydrogens is 306 g/mol. The van der Waals surface area contributed by atoms with Gasteiger partial charge in [-0.05, 0) is 30.9 Å². The molecule has 2 aromatic carbocycles. The van der Waals surface area contributed by atoms with Crippen LogP contribution in [0.2, 0.25) is 0 Å². The zero-order valence-electron chi connectivity index (χ0n) is 15.8. The maximum atomic E-state index is 5.72. The number of hydrogen-bond acceptors (Lipinski definition) is 2. The van der Waals surface area contributed by atoms with Gasteiger partial charge in [0.2, 0.25) is 0 Å². The van der Waals surface area contributed by atoms with E-state index in [-0.39, 0.29) is 6.10 Å². The van der Waals surface area contributed by atoms with E-state index in [9.17, 15) is 0 Å². The summed E-state index contributed by atoms with van der Waals surface area (Å²) in [7, 11) is 1.81. The van der Waals surface area contributed by atoms with Gasteiger partial charge in [0, 0.05) is 26.2 Å². The summed E-state index contributed by atoms with van der Waals surface area (Å²) < 4.78 is 5.72. The topological polar surface area (TPSA) is 12.5 Å². The molecule has 0 N–H and O–H groups in total. The van der Waals surface area contributed by atoms with Gasteiger partial charge in [0.25, 0.3) is 0 Å². The number of methoxy groups -OCH3 is 1. The second-order valence-corrected chi connectivity index (χ2v) is 6.50. The fraction of sp³-hybridized carbons (Fsp3) is 0.391. The third kappa shape index (κ3) is 6.49. The molecule has 2 nitrogen and oxygen atoms in total. The van der Waals surface area contributed by atoms with Crippen molar-refractivity contribution in [3.63, 3.8) is 0 Å². The van der Waals surface area contributed by atoms with E-state index in [1.54, 1.807) is 0 Å². The third-order valence-corrected chi connectivity index (χ3v) is 4.62. The minimum atomic E-state index is 0.175. The minimum absolute atomic E-state index is 0.175. The molecule has 0 bridgehead atoms. The molecule has 2 atom stereocenters. The number of allylic oxidation sites excluding steroid dienone is 1. The standard InChI is InChI=1S/C23H31NO/c1-4-5-8-17-23(20(2)25-3)24(18-21-13-9-6-10-14-21)19-22-15-11-7-12-16-22/h5-16,20,23H,4,17-19H2,1-3H3/b8-5-. The van der Waals surface area contributed by atoms with Gasteiger partial charge < -0.3 is 4.74 Å². The molecule has 2 aromatic rings. The minimum Gasteiger partial charge on any atom is -0.380 e. The summed E-state index contributed by atoms with van der Waals surface area (Å²) in [6.07, 6.45) is 6.80. The lowest BCUT2D eigenvalue weighted by Gasteiger charge is -2.35. The number of hydrogen-bond donors (Lipinski definition) is 0. The van der Waals surface area contributed by atoms with E-state index in [4.69, 9.17) is 4.74 Å². The molecule has 0 saturated heterocycles. The molecular formula is C23H31NO. The summed E-state index contributed by atoms with van der Waals surface area (Å²) >= 11 is 0. The Kier molecular flexibility index (Phi) is 8.44. The molecule has 0 aromatic heterocycles. The van der Waals surface area contributed by atoms with Crippen molar-refractivity contribution in [1.29, 1.82) is 0 Å². The van der Waals surface area contributed by atoms with Crippen molar-refractivity contribution in [1.82, 2.24) is 4.90 Å². The molecule has 0 amide bonds. The summed E-state index contributed by atoms with van der Waals surface area (Å²) in [5.74, 6) is 0. The van der Waals surface area contributed by atoms with E-state index in [0.29, 0.717) is 6.04 Å². The molecule has 0 fully saturated rings. The van der Waals surface area contributed by atoms with Crippen molar-refractivity contribution in [2.24, 2.45) is 0 Å². The molecule has 2 rings (SSSR count). The first-order valence-electron chi connectivity index (χ1n) is 9.24. The van der Waals surface area contributed by atoms with E-state index in [1.807, 2.05) is 7.11 Å². The van der Waals surface area contributed by atoms with E-state index >= 15 is 0 Å². The fourth-order valence-corrected chi connectivity index (χ4v) is 3.12. The van der Waals surface area contributed by atoms with Gasteiger partial charge in [0.15, 0.2) is 0 Å². The maximum Gasteiger partial charge on any atom is 0.0701 e. The Balaban J connectivity index is 2.23. The first-order chi connectivity index (χ1) is 12.2. The van der Waals surface area contributed by atoms with Gasteiger partial charge in [-0.25, -0.2) is 0 Å². The molecule has 25 heavy (non-hydrogen) atoms. The van der Waals surface area contributed by atoms with Crippen LogP contribution in [0.25, 0.3) is 0 Å². The van der Waals surface area contributed by atoms with Gasteiger partial charge in [0.1, 0.15) is 0 Å². The average molecular weight is 338 g/mol. The summed E-state index contributed by atoms with van der Waals surface area (Å²) in [5.41, 5.74) is 2.68. The molecule has 0 aliphatic carbocycles. The van der Waals surface area contributed by atoms with Crippen LogP contribution in [0.5, 0.6) is 0 Å². The van der Waals surface area contributed by atoms with Crippen LogP contribution < -0.4 is 0 Å². The molecule has 2 unspecified atom stereocenters. The van der Waals surface area contributed by atoms with E-state index in [0.717, 1.165) is 25.9 Å². The lowest BCUT2D eigenvalue weighted by Crippen LogP contribution is -2.42. The predicted molar refractivity (Wildman–Crippen MR) is 106 cm³/mol. The van der Waals surface area contributed by atoms with Crippen LogP contribution >= 0.6 is 0 Å². The van der Waals surface area contributed by atoms with Crippen molar-refractivity contribution < 1.29 is 4.74 Å². The first-order valence-corrected chi connectivity index (χ1v) is 9.24. The van der Waals surface area contributed by atoms with Crippen LogP contribution in [-0.4, -0.2) is 24.2 Å². The summed E-state index contributed by atoms with van der Waals surface area (Å²) in [4.78, 5) is 2.54.